The molecular formula is C11H23N3O. The zero-order valence-corrected chi connectivity index (χ0v) is 9.59. The molecule has 0 bridgehead atoms. The first-order chi connectivity index (χ1) is 7.24. The molecule has 1 amide bonds. The fourth-order valence-electron chi connectivity index (χ4n) is 1.97. The average molecular weight is 213 g/mol. The number of hydrogen-bond acceptors (Lipinski definition) is 3. The third-order valence-electron chi connectivity index (χ3n) is 2.94. The van der Waals surface area contributed by atoms with E-state index in [9.17, 15) is 4.79 Å². The first-order valence-electron chi connectivity index (χ1n) is 5.98. The third-order valence-corrected chi connectivity index (χ3v) is 2.94. The molecule has 0 aromatic carbocycles. The van der Waals surface area contributed by atoms with Crippen molar-refractivity contribution in [2.45, 2.75) is 51.1 Å². The van der Waals surface area contributed by atoms with Gasteiger partial charge in [-0.05, 0) is 19.8 Å². The molecular weight excluding hydrogens is 190 g/mol. The SMILES string of the molecule is CC(NCCN)C(=O)NC1CCCCC1. The van der Waals surface area contributed by atoms with Gasteiger partial charge in [0.15, 0.2) is 0 Å². The van der Waals surface area contributed by atoms with Crippen LogP contribution in [0.3, 0.4) is 0 Å². The Balaban J connectivity index is 2.20. The standard InChI is InChI=1S/C11H23N3O/c1-9(13-8-7-12)11(15)14-10-5-3-2-4-6-10/h9-10,13H,2-8,12H2,1H3,(H,14,15). The molecule has 4 nitrogen and oxygen atoms in total. The van der Waals surface area contributed by atoms with Crippen molar-refractivity contribution in [1.29, 1.82) is 0 Å². The highest BCUT2D eigenvalue weighted by Gasteiger charge is 2.18. The monoisotopic (exact) mass is 213 g/mol. The van der Waals surface area contributed by atoms with Crippen LogP contribution in [0.2, 0.25) is 0 Å². The lowest BCUT2D eigenvalue weighted by Gasteiger charge is -2.24. The summed E-state index contributed by atoms with van der Waals surface area (Å²) in [4.78, 5) is 11.7. The molecule has 1 unspecified atom stereocenters. The zero-order chi connectivity index (χ0) is 11.1. The molecule has 1 fully saturated rings. The second kappa shape index (κ2) is 6.80. The van der Waals surface area contributed by atoms with Crippen molar-refractivity contribution in [1.82, 2.24) is 10.6 Å². The Labute approximate surface area is 92.0 Å². The molecule has 0 radical (unpaired) electrons. The predicted octanol–water partition coefficient (Wildman–Crippen LogP) is 0.372. The topological polar surface area (TPSA) is 67.1 Å². The van der Waals surface area contributed by atoms with Crippen LogP contribution in [0.25, 0.3) is 0 Å². The molecule has 0 aromatic heterocycles. The molecule has 1 aliphatic carbocycles. The lowest BCUT2D eigenvalue weighted by Crippen LogP contribution is -2.47. The number of carbonyl (C=O) groups excluding carboxylic acids is 1. The molecule has 1 atom stereocenters. The molecule has 88 valence electrons. The van der Waals surface area contributed by atoms with Gasteiger partial charge in [-0.2, -0.15) is 0 Å². The molecule has 0 aromatic rings. The predicted molar refractivity (Wildman–Crippen MR) is 61.5 cm³/mol. The maximum Gasteiger partial charge on any atom is 0.237 e. The number of nitrogens with two attached hydrogens (primary N) is 1. The van der Waals surface area contributed by atoms with Gasteiger partial charge < -0.3 is 16.4 Å². The van der Waals surface area contributed by atoms with E-state index in [1.165, 1.54) is 19.3 Å². The fraction of sp³-hybridized carbons (Fsp3) is 0.909. The van der Waals surface area contributed by atoms with Gasteiger partial charge in [0.1, 0.15) is 0 Å². The van der Waals surface area contributed by atoms with Crippen molar-refractivity contribution in [3.8, 4) is 0 Å². The van der Waals surface area contributed by atoms with Gasteiger partial charge in [-0.25, -0.2) is 0 Å². The highest BCUT2D eigenvalue weighted by Crippen LogP contribution is 2.17. The van der Waals surface area contributed by atoms with Crippen LogP contribution < -0.4 is 16.4 Å². The van der Waals surface area contributed by atoms with Crippen molar-refractivity contribution < 1.29 is 4.79 Å². The second-order valence-electron chi connectivity index (χ2n) is 4.31. The summed E-state index contributed by atoms with van der Waals surface area (Å²) in [5.41, 5.74) is 5.37. The second-order valence-corrected chi connectivity index (χ2v) is 4.31. The van der Waals surface area contributed by atoms with Crippen molar-refractivity contribution in [3.05, 3.63) is 0 Å². The van der Waals surface area contributed by atoms with E-state index in [0.29, 0.717) is 19.1 Å². The van der Waals surface area contributed by atoms with Crippen molar-refractivity contribution in [3.63, 3.8) is 0 Å². The Morgan fingerprint density at radius 2 is 2.07 bits per heavy atom. The molecule has 0 spiro atoms. The van der Waals surface area contributed by atoms with Crippen LogP contribution >= 0.6 is 0 Å². The van der Waals surface area contributed by atoms with E-state index in [4.69, 9.17) is 5.73 Å². The van der Waals surface area contributed by atoms with Gasteiger partial charge in [-0.15, -0.1) is 0 Å². The lowest BCUT2D eigenvalue weighted by atomic mass is 9.95. The molecule has 1 aliphatic rings. The fourth-order valence-corrected chi connectivity index (χ4v) is 1.97. The summed E-state index contributed by atoms with van der Waals surface area (Å²) in [6.07, 6.45) is 6.07. The van der Waals surface area contributed by atoms with Gasteiger partial charge in [0.25, 0.3) is 0 Å². The number of rotatable bonds is 5. The Morgan fingerprint density at radius 3 is 2.67 bits per heavy atom. The van der Waals surface area contributed by atoms with Gasteiger partial charge in [-0.1, -0.05) is 19.3 Å². The van der Waals surface area contributed by atoms with Crippen LogP contribution in [-0.4, -0.2) is 31.1 Å². The van der Waals surface area contributed by atoms with E-state index in [1.807, 2.05) is 6.92 Å². The summed E-state index contributed by atoms with van der Waals surface area (Å²) in [6, 6.07) is 0.267. The van der Waals surface area contributed by atoms with Crippen LogP contribution in [0.5, 0.6) is 0 Å². The summed E-state index contributed by atoms with van der Waals surface area (Å²) < 4.78 is 0. The van der Waals surface area contributed by atoms with Gasteiger partial charge >= 0.3 is 0 Å². The summed E-state index contributed by atoms with van der Waals surface area (Å²) in [6.45, 7) is 3.15. The van der Waals surface area contributed by atoms with E-state index in [-0.39, 0.29) is 11.9 Å². The van der Waals surface area contributed by atoms with E-state index in [2.05, 4.69) is 10.6 Å². The van der Waals surface area contributed by atoms with Crippen molar-refractivity contribution >= 4 is 5.91 Å². The zero-order valence-electron chi connectivity index (χ0n) is 9.59. The van der Waals surface area contributed by atoms with Gasteiger partial charge in [0, 0.05) is 19.1 Å². The number of hydrogen-bond donors (Lipinski definition) is 3. The maximum atomic E-state index is 11.7. The molecule has 1 saturated carbocycles. The maximum absolute atomic E-state index is 11.7. The molecule has 0 heterocycles. The minimum Gasteiger partial charge on any atom is -0.352 e. The third kappa shape index (κ3) is 4.62. The average Bonchev–Trinajstić information content (AvgIpc) is 2.27. The van der Waals surface area contributed by atoms with Crippen LogP contribution in [0.1, 0.15) is 39.0 Å². The first-order valence-corrected chi connectivity index (χ1v) is 5.98. The van der Waals surface area contributed by atoms with E-state index < -0.39 is 0 Å². The quantitative estimate of drug-likeness (QED) is 0.618. The van der Waals surface area contributed by atoms with Crippen LogP contribution in [-0.2, 0) is 4.79 Å². The Bertz CT molecular complexity index is 190. The Morgan fingerprint density at radius 1 is 1.40 bits per heavy atom. The van der Waals surface area contributed by atoms with Crippen molar-refractivity contribution in [2.75, 3.05) is 13.1 Å². The van der Waals surface area contributed by atoms with Gasteiger partial charge in [0.2, 0.25) is 5.91 Å². The molecule has 4 N–H and O–H groups in total. The van der Waals surface area contributed by atoms with E-state index in [1.54, 1.807) is 0 Å². The largest absolute Gasteiger partial charge is 0.352 e. The summed E-state index contributed by atoms with van der Waals surface area (Å²) in [7, 11) is 0. The molecule has 1 rings (SSSR count). The minimum atomic E-state index is -0.129. The van der Waals surface area contributed by atoms with Crippen LogP contribution in [0.15, 0.2) is 0 Å². The smallest absolute Gasteiger partial charge is 0.237 e. The van der Waals surface area contributed by atoms with Crippen LogP contribution in [0, 0.1) is 0 Å². The lowest BCUT2D eigenvalue weighted by molar-refractivity contribution is -0.123. The van der Waals surface area contributed by atoms with Crippen molar-refractivity contribution in [2.24, 2.45) is 5.73 Å². The molecule has 15 heavy (non-hydrogen) atoms. The van der Waals surface area contributed by atoms with E-state index >= 15 is 0 Å². The Hall–Kier alpha value is -0.610. The molecule has 0 saturated heterocycles. The van der Waals surface area contributed by atoms with Gasteiger partial charge in [-0.3, -0.25) is 4.79 Å². The highest BCUT2D eigenvalue weighted by molar-refractivity contribution is 5.81. The van der Waals surface area contributed by atoms with Gasteiger partial charge in [0.05, 0.1) is 6.04 Å². The molecule has 0 aliphatic heterocycles. The number of nitrogens with one attached hydrogen (secondary N) is 2. The Kier molecular flexibility index (Phi) is 5.65. The van der Waals surface area contributed by atoms with E-state index in [0.717, 1.165) is 12.8 Å². The summed E-state index contributed by atoms with van der Waals surface area (Å²) in [5.74, 6) is 0.107. The molecule has 4 heteroatoms. The highest BCUT2D eigenvalue weighted by atomic mass is 16.2. The van der Waals surface area contributed by atoms with Crippen LogP contribution in [0.4, 0.5) is 0 Å². The number of amides is 1. The number of carbonyl (C=O) groups is 1. The minimum absolute atomic E-state index is 0.107. The summed E-state index contributed by atoms with van der Waals surface area (Å²) >= 11 is 0. The normalized spacial score (nSPS) is 19.9. The summed E-state index contributed by atoms with van der Waals surface area (Å²) in [5, 5.41) is 6.17. The first kappa shape index (κ1) is 12.5.